The monoisotopic (exact) mass is 556 g/mol. The molecule has 0 aliphatic rings. The summed E-state index contributed by atoms with van der Waals surface area (Å²) in [4.78, 5) is 2.21. The maximum atomic E-state index is 13.8. The first-order chi connectivity index (χ1) is 17.5. The number of hydrogen-bond acceptors (Lipinski definition) is 5. The fraction of sp³-hybridized carbons (Fsp3) is 0.481. The number of thiophene rings is 1. The Balaban J connectivity index is 1.90. The number of hydrogen-bond donors (Lipinski definition) is 0. The minimum Gasteiger partial charge on any atom is -0.406 e. The third-order valence-electron chi connectivity index (χ3n) is 6.19. The SMILES string of the molecule is CCCCN(CCCC)CCS(=O)(=O)N(Cc1ccc(OC(F)(F)F)cc1)c1sc2ccccc2c1C. The second kappa shape index (κ2) is 13.0. The van der Waals surface area contributed by atoms with Crippen LogP contribution in [0.3, 0.4) is 0 Å². The van der Waals surface area contributed by atoms with Gasteiger partial charge in [0.05, 0.1) is 12.3 Å². The van der Waals surface area contributed by atoms with Gasteiger partial charge >= 0.3 is 6.36 Å². The van der Waals surface area contributed by atoms with E-state index < -0.39 is 16.4 Å². The molecule has 0 amide bonds. The van der Waals surface area contributed by atoms with Crippen LogP contribution in [0.4, 0.5) is 18.2 Å². The average Bonchev–Trinajstić information content (AvgIpc) is 3.18. The van der Waals surface area contributed by atoms with E-state index in [0.29, 0.717) is 17.1 Å². The molecule has 2 aromatic carbocycles. The van der Waals surface area contributed by atoms with Crippen molar-refractivity contribution in [3.8, 4) is 5.75 Å². The summed E-state index contributed by atoms with van der Waals surface area (Å²) in [5, 5.41) is 1.62. The van der Waals surface area contributed by atoms with E-state index in [1.165, 1.54) is 39.9 Å². The number of sulfonamides is 1. The maximum Gasteiger partial charge on any atom is 0.573 e. The molecule has 0 atom stereocenters. The summed E-state index contributed by atoms with van der Waals surface area (Å²) in [7, 11) is -3.74. The van der Waals surface area contributed by atoms with Crippen LogP contribution in [0.15, 0.2) is 48.5 Å². The van der Waals surface area contributed by atoms with Gasteiger partial charge in [-0.3, -0.25) is 4.31 Å². The van der Waals surface area contributed by atoms with Gasteiger partial charge in [-0.05, 0) is 67.6 Å². The van der Waals surface area contributed by atoms with Crippen LogP contribution < -0.4 is 9.04 Å². The highest BCUT2D eigenvalue weighted by molar-refractivity contribution is 7.93. The maximum absolute atomic E-state index is 13.8. The van der Waals surface area contributed by atoms with Crippen LogP contribution in [0, 0.1) is 6.92 Å². The molecule has 0 fully saturated rings. The third kappa shape index (κ3) is 8.35. The third-order valence-corrected chi connectivity index (χ3v) is 9.28. The van der Waals surface area contributed by atoms with Gasteiger partial charge in [-0.1, -0.05) is 57.0 Å². The van der Waals surface area contributed by atoms with Crippen LogP contribution in [-0.2, 0) is 16.6 Å². The lowest BCUT2D eigenvalue weighted by Gasteiger charge is -2.27. The van der Waals surface area contributed by atoms with Crippen molar-refractivity contribution < 1.29 is 26.3 Å². The number of unbranched alkanes of at least 4 members (excludes halogenated alkanes) is 2. The number of halogens is 3. The zero-order valence-corrected chi connectivity index (χ0v) is 23.2. The summed E-state index contributed by atoms with van der Waals surface area (Å²) in [5.41, 5.74) is 1.44. The number of fused-ring (bicyclic) bond motifs is 1. The molecular weight excluding hydrogens is 521 g/mol. The topological polar surface area (TPSA) is 49.9 Å². The molecule has 0 aliphatic carbocycles. The molecule has 5 nitrogen and oxygen atoms in total. The first kappa shape index (κ1) is 29.3. The molecule has 0 spiro atoms. The van der Waals surface area contributed by atoms with Crippen molar-refractivity contribution in [3.05, 3.63) is 59.7 Å². The molecule has 0 saturated carbocycles. The minimum absolute atomic E-state index is 0.0201. The van der Waals surface area contributed by atoms with Crippen LogP contribution in [0.2, 0.25) is 0 Å². The van der Waals surface area contributed by atoms with Gasteiger partial charge in [0.2, 0.25) is 10.0 Å². The van der Waals surface area contributed by atoms with E-state index in [-0.39, 0.29) is 18.0 Å². The first-order valence-electron chi connectivity index (χ1n) is 12.6. The lowest BCUT2D eigenvalue weighted by molar-refractivity contribution is -0.274. The van der Waals surface area contributed by atoms with Crippen molar-refractivity contribution in [3.63, 3.8) is 0 Å². The Labute approximate surface area is 221 Å². The molecule has 3 aromatic rings. The number of anilines is 1. The summed E-state index contributed by atoms with van der Waals surface area (Å²) in [6, 6.07) is 13.1. The zero-order valence-electron chi connectivity index (χ0n) is 21.6. The molecule has 0 aliphatic heterocycles. The van der Waals surface area contributed by atoms with Crippen LogP contribution in [0.1, 0.15) is 50.7 Å². The predicted molar refractivity (Wildman–Crippen MR) is 146 cm³/mol. The molecular formula is C27H35F3N2O3S2. The number of aryl methyl sites for hydroxylation is 1. The molecule has 0 radical (unpaired) electrons. The quantitative estimate of drug-likeness (QED) is 0.208. The molecule has 0 unspecified atom stereocenters. The van der Waals surface area contributed by atoms with Crippen molar-refractivity contribution in [2.24, 2.45) is 0 Å². The van der Waals surface area contributed by atoms with Gasteiger partial charge in [0.1, 0.15) is 10.8 Å². The molecule has 204 valence electrons. The highest BCUT2D eigenvalue weighted by atomic mass is 32.2. The lowest BCUT2D eigenvalue weighted by atomic mass is 10.2. The van der Waals surface area contributed by atoms with Gasteiger partial charge in [0.25, 0.3) is 0 Å². The second-order valence-corrected chi connectivity index (χ2v) is 12.1. The summed E-state index contributed by atoms with van der Waals surface area (Å²) in [5.74, 6) is -0.380. The van der Waals surface area contributed by atoms with E-state index in [1.807, 2.05) is 31.2 Å². The predicted octanol–water partition coefficient (Wildman–Crippen LogP) is 7.35. The zero-order chi connectivity index (χ0) is 27.1. The normalized spacial score (nSPS) is 12.4. The van der Waals surface area contributed by atoms with Crippen LogP contribution >= 0.6 is 11.3 Å². The van der Waals surface area contributed by atoms with E-state index in [0.717, 1.165) is 54.4 Å². The van der Waals surface area contributed by atoms with Crippen molar-refractivity contribution in [2.45, 2.75) is 59.4 Å². The Morgan fingerprint density at radius 3 is 2.11 bits per heavy atom. The number of nitrogens with zero attached hydrogens (tertiary/aromatic N) is 2. The Morgan fingerprint density at radius 1 is 0.919 bits per heavy atom. The summed E-state index contributed by atoms with van der Waals surface area (Å²) >= 11 is 1.41. The number of rotatable bonds is 14. The fourth-order valence-electron chi connectivity index (χ4n) is 4.11. The van der Waals surface area contributed by atoms with Crippen LogP contribution in [0.5, 0.6) is 5.75 Å². The van der Waals surface area contributed by atoms with Gasteiger partial charge in [0.15, 0.2) is 0 Å². The van der Waals surface area contributed by atoms with E-state index in [4.69, 9.17) is 0 Å². The van der Waals surface area contributed by atoms with Gasteiger partial charge in [-0.25, -0.2) is 8.42 Å². The van der Waals surface area contributed by atoms with E-state index in [9.17, 15) is 21.6 Å². The largest absolute Gasteiger partial charge is 0.573 e. The van der Waals surface area contributed by atoms with E-state index in [1.54, 1.807) is 0 Å². The van der Waals surface area contributed by atoms with Crippen LogP contribution in [-0.4, -0.2) is 45.1 Å². The molecule has 0 N–H and O–H groups in total. The van der Waals surface area contributed by atoms with Gasteiger partial charge in [-0.15, -0.1) is 24.5 Å². The standard InChI is InChI=1S/C27H35F3N2O3S2/c1-4-6-16-31(17-7-5-2)18-19-37(33,34)32(26-21(3)24-10-8-9-11-25(24)36-26)20-22-12-14-23(15-13-22)35-27(28,29)30/h8-15H,4-7,16-20H2,1-3H3. The van der Waals surface area contributed by atoms with E-state index >= 15 is 0 Å². The minimum atomic E-state index is -4.79. The fourth-order valence-corrected chi connectivity index (χ4v) is 7.12. The van der Waals surface area contributed by atoms with Crippen molar-refractivity contribution >= 4 is 36.4 Å². The molecule has 0 bridgehead atoms. The molecule has 1 aromatic heterocycles. The highest BCUT2D eigenvalue weighted by Crippen LogP contribution is 2.39. The Bertz CT molecular complexity index is 1230. The molecule has 0 saturated heterocycles. The smallest absolute Gasteiger partial charge is 0.406 e. The molecule has 37 heavy (non-hydrogen) atoms. The number of ether oxygens (including phenoxy) is 1. The first-order valence-corrected chi connectivity index (χ1v) is 15.0. The highest BCUT2D eigenvalue weighted by Gasteiger charge is 2.31. The average molecular weight is 557 g/mol. The summed E-state index contributed by atoms with van der Waals surface area (Å²) < 4.78 is 71.7. The lowest BCUT2D eigenvalue weighted by Crippen LogP contribution is -2.38. The van der Waals surface area contributed by atoms with Crippen molar-refractivity contribution in [2.75, 3.05) is 29.7 Å². The number of benzene rings is 2. The van der Waals surface area contributed by atoms with Gasteiger partial charge < -0.3 is 9.64 Å². The molecule has 3 rings (SSSR count). The van der Waals surface area contributed by atoms with Gasteiger partial charge in [-0.2, -0.15) is 0 Å². The van der Waals surface area contributed by atoms with Gasteiger partial charge in [0, 0.05) is 11.2 Å². The Hall–Kier alpha value is -2.30. The Kier molecular flexibility index (Phi) is 10.3. The molecule has 10 heteroatoms. The molecule has 1 heterocycles. The van der Waals surface area contributed by atoms with Crippen LogP contribution in [0.25, 0.3) is 10.1 Å². The summed E-state index contributed by atoms with van der Waals surface area (Å²) in [6.45, 7) is 8.31. The second-order valence-electron chi connectivity index (χ2n) is 9.09. The summed E-state index contributed by atoms with van der Waals surface area (Å²) in [6.07, 6.45) is -0.690. The van der Waals surface area contributed by atoms with Crippen molar-refractivity contribution in [1.29, 1.82) is 0 Å². The Morgan fingerprint density at radius 2 is 1.54 bits per heavy atom. The number of alkyl halides is 3. The van der Waals surface area contributed by atoms with Crippen molar-refractivity contribution in [1.82, 2.24) is 4.90 Å². The van der Waals surface area contributed by atoms with E-state index in [2.05, 4.69) is 23.5 Å².